The van der Waals surface area contributed by atoms with Gasteiger partial charge in [-0.1, -0.05) is 11.6 Å². The van der Waals surface area contributed by atoms with E-state index in [9.17, 15) is 4.79 Å². The molecular formula is C11H9ClO3. The lowest BCUT2D eigenvalue weighted by Crippen LogP contribution is -2.00. The third kappa shape index (κ3) is 1.59. The van der Waals surface area contributed by atoms with Crippen molar-refractivity contribution in [2.75, 3.05) is 7.11 Å². The lowest BCUT2D eigenvalue weighted by atomic mass is 10.1. The molecule has 0 N–H and O–H groups in total. The summed E-state index contributed by atoms with van der Waals surface area (Å²) < 4.78 is 9.98. The first-order chi connectivity index (χ1) is 7.13. The van der Waals surface area contributed by atoms with Crippen LogP contribution in [-0.4, -0.2) is 13.1 Å². The Morgan fingerprint density at radius 1 is 1.47 bits per heavy atom. The van der Waals surface area contributed by atoms with Crippen molar-refractivity contribution in [2.45, 2.75) is 6.92 Å². The molecule has 0 amide bonds. The molecule has 1 aromatic heterocycles. The molecule has 0 saturated heterocycles. The molecule has 1 aromatic carbocycles. The molecule has 4 heteroatoms. The standard InChI is InChI=1S/C11H9ClO3/c1-6-8-4-3-7(12)5-9(8)15-10(6)11(13)14-2/h3-5H,1-2H3. The number of ether oxygens (including phenoxy) is 1. The summed E-state index contributed by atoms with van der Waals surface area (Å²) in [5.74, 6) is -0.241. The van der Waals surface area contributed by atoms with E-state index in [-0.39, 0.29) is 5.76 Å². The van der Waals surface area contributed by atoms with E-state index in [0.29, 0.717) is 10.6 Å². The van der Waals surface area contributed by atoms with Crippen LogP contribution in [0.2, 0.25) is 5.02 Å². The number of furan rings is 1. The maximum absolute atomic E-state index is 11.3. The van der Waals surface area contributed by atoms with Gasteiger partial charge in [-0.2, -0.15) is 0 Å². The van der Waals surface area contributed by atoms with Crippen LogP contribution in [0.1, 0.15) is 16.1 Å². The van der Waals surface area contributed by atoms with Crippen LogP contribution in [0.5, 0.6) is 0 Å². The van der Waals surface area contributed by atoms with Gasteiger partial charge >= 0.3 is 5.97 Å². The van der Waals surface area contributed by atoms with Crippen molar-refractivity contribution in [1.82, 2.24) is 0 Å². The molecule has 2 rings (SSSR count). The minimum atomic E-state index is -0.472. The van der Waals surface area contributed by atoms with E-state index in [1.165, 1.54) is 7.11 Å². The number of aryl methyl sites for hydroxylation is 1. The number of methoxy groups -OCH3 is 1. The van der Waals surface area contributed by atoms with E-state index < -0.39 is 5.97 Å². The number of hydrogen-bond donors (Lipinski definition) is 0. The van der Waals surface area contributed by atoms with E-state index in [1.54, 1.807) is 12.1 Å². The van der Waals surface area contributed by atoms with Crippen molar-refractivity contribution >= 4 is 28.5 Å². The highest BCUT2D eigenvalue weighted by molar-refractivity contribution is 6.31. The topological polar surface area (TPSA) is 39.4 Å². The highest BCUT2D eigenvalue weighted by atomic mass is 35.5. The van der Waals surface area contributed by atoms with Crippen LogP contribution < -0.4 is 0 Å². The quantitative estimate of drug-likeness (QED) is 0.699. The zero-order valence-corrected chi connectivity index (χ0v) is 9.09. The third-order valence-corrected chi connectivity index (χ3v) is 2.51. The molecule has 0 atom stereocenters. The fourth-order valence-electron chi connectivity index (χ4n) is 1.49. The molecule has 0 saturated carbocycles. The molecule has 0 aliphatic carbocycles. The van der Waals surface area contributed by atoms with Crippen molar-refractivity contribution in [3.63, 3.8) is 0 Å². The van der Waals surface area contributed by atoms with Crippen LogP contribution in [0.4, 0.5) is 0 Å². The van der Waals surface area contributed by atoms with E-state index in [4.69, 9.17) is 16.0 Å². The summed E-state index contributed by atoms with van der Waals surface area (Å²) in [4.78, 5) is 11.3. The molecule has 0 bridgehead atoms. The Kier molecular flexibility index (Phi) is 2.40. The van der Waals surface area contributed by atoms with Gasteiger partial charge in [0.25, 0.3) is 0 Å². The average molecular weight is 225 g/mol. The van der Waals surface area contributed by atoms with Crippen molar-refractivity contribution < 1.29 is 13.9 Å². The maximum Gasteiger partial charge on any atom is 0.374 e. The Hall–Kier alpha value is -1.48. The summed E-state index contributed by atoms with van der Waals surface area (Å²) in [5.41, 5.74) is 1.37. The SMILES string of the molecule is COC(=O)c1oc2cc(Cl)ccc2c1C. The van der Waals surface area contributed by atoms with Gasteiger partial charge in [0.2, 0.25) is 5.76 Å². The predicted molar refractivity (Wildman–Crippen MR) is 57.3 cm³/mol. The van der Waals surface area contributed by atoms with Gasteiger partial charge in [0.1, 0.15) is 5.58 Å². The van der Waals surface area contributed by atoms with Crippen molar-refractivity contribution in [3.05, 3.63) is 34.5 Å². The number of halogens is 1. The summed E-state index contributed by atoms with van der Waals surface area (Å²) in [6, 6.07) is 5.26. The van der Waals surface area contributed by atoms with Gasteiger partial charge in [0, 0.05) is 22.0 Å². The molecule has 1 heterocycles. The number of rotatable bonds is 1. The summed E-state index contributed by atoms with van der Waals surface area (Å²) in [6.07, 6.45) is 0. The first kappa shape index (κ1) is 10.1. The minimum absolute atomic E-state index is 0.231. The van der Waals surface area contributed by atoms with Gasteiger partial charge in [-0.25, -0.2) is 4.79 Å². The number of fused-ring (bicyclic) bond motifs is 1. The van der Waals surface area contributed by atoms with Crippen LogP contribution in [0.15, 0.2) is 22.6 Å². The van der Waals surface area contributed by atoms with Crippen molar-refractivity contribution in [2.24, 2.45) is 0 Å². The normalized spacial score (nSPS) is 10.6. The summed E-state index contributed by atoms with van der Waals surface area (Å²) in [7, 11) is 1.32. The molecule has 0 radical (unpaired) electrons. The molecule has 0 unspecified atom stereocenters. The van der Waals surface area contributed by atoms with E-state index in [2.05, 4.69) is 4.74 Å². The molecule has 0 spiro atoms. The Morgan fingerprint density at radius 3 is 2.87 bits per heavy atom. The van der Waals surface area contributed by atoms with Gasteiger partial charge in [0.05, 0.1) is 7.11 Å². The average Bonchev–Trinajstić information content (AvgIpc) is 2.54. The number of benzene rings is 1. The highest BCUT2D eigenvalue weighted by Crippen LogP contribution is 2.27. The van der Waals surface area contributed by atoms with Crippen molar-refractivity contribution in [3.8, 4) is 0 Å². The molecule has 0 aliphatic rings. The van der Waals surface area contributed by atoms with Crippen LogP contribution in [0.3, 0.4) is 0 Å². The summed E-state index contributed by atoms with van der Waals surface area (Å²) in [6.45, 7) is 1.81. The second-order valence-corrected chi connectivity index (χ2v) is 3.62. The van der Waals surface area contributed by atoms with E-state index >= 15 is 0 Å². The molecule has 0 aliphatic heterocycles. The molecule has 3 nitrogen and oxygen atoms in total. The van der Waals surface area contributed by atoms with Crippen LogP contribution >= 0.6 is 11.6 Å². The number of hydrogen-bond acceptors (Lipinski definition) is 3. The Labute approximate surface area is 91.6 Å². The highest BCUT2D eigenvalue weighted by Gasteiger charge is 2.17. The number of carbonyl (C=O) groups is 1. The van der Waals surface area contributed by atoms with E-state index in [0.717, 1.165) is 10.9 Å². The molecule has 15 heavy (non-hydrogen) atoms. The van der Waals surface area contributed by atoms with Gasteiger partial charge in [-0.3, -0.25) is 0 Å². The predicted octanol–water partition coefficient (Wildman–Crippen LogP) is 3.18. The third-order valence-electron chi connectivity index (χ3n) is 2.27. The lowest BCUT2D eigenvalue weighted by Gasteiger charge is -1.93. The minimum Gasteiger partial charge on any atom is -0.463 e. The molecular weight excluding hydrogens is 216 g/mol. The largest absolute Gasteiger partial charge is 0.463 e. The van der Waals surface area contributed by atoms with Gasteiger partial charge in [-0.05, 0) is 19.1 Å². The fraction of sp³-hybridized carbons (Fsp3) is 0.182. The van der Waals surface area contributed by atoms with E-state index in [1.807, 2.05) is 13.0 Å². The second-order valence-electron chi connectivity index (χ2n) is 3.19. The Morgan fingerprint density at radius 2 is 2.20 bits per heavy atom. The summed E-state index contributed by atoms with van der Waals surface area (Å²) in [5, 5.41) is 1.45. The monoisotopic (exact) mass is 224 g/mol. The van der Waals surface area contributed by atoms with Gasteiger partial charge in [0.15, 0.2) is 0 Å². The second kappa shape index (κ2) is 3.59. The lowest BCUT2D eigenvalue weighted by molar-refractivity contribution is 0.0566. The number of carbonyl (C=O) groups excluding carboxylic acids is 1. The Balaban J connectivity index is 2.69. The van der Waals surface area contributed by atoms with Crippen LogP contribution in [0, 0.1) is 6.92 Å². The van der Waals surface area contributed by atoms with Gasteiger partial charge < -0.3 is 9.15 Å². The Bertz CT molecular complexity index is 528. The van der Waals surface area contributed by atoms with Crippen LogP contribution in [-0.2, 0) is 4.74 Å². The first-order valence-corrected chi connectivity index (χ1v) is 4.78. The number of esters is 1. The fourth-order valence-corrected chi connectivity index (χ4v) is 1.65. The summed E-state index contributed by atoms with van der Waals surface area (Å²) >= 11 is 5.82. The maximum atomic E-state index is 11.3. The zero-order valence-electron chi connectivity index (χ0n) is 8.33. The van der Waals surface area contributed by atoms with Gasteiger partial charge in [-0.15, -0.1) is 0 Å². The first-order valence-electron chi connectivity index (χ1n) is 4.40. The molecule has 2 aromatic rings. The van der Waals surface area contributed by atoms with Crippen LogP contribution in [0.25, 0.3) is 11.0 Å². The van der Waals surface area contributed by atoms with Crippen molar-refractivity contribution in [1.29, 1.82) is 0 Å². The zero-order chi connectivity index (χ0) is 11.0. The molecule has 78 valence electrons. The molecule has 0 fully saturated rings. The smallest absolute Gasteiger partial charge is 0.374 e.